The molecular weight excluding hydrogens is 424 g/mol. The van der Waals surface area contributed by atoms with Gasteiger partial charge in [0, 0.05) is 15.6 Å². The molecule has 2 aromatic carbocycles. The number of ether oxygens (including phenoxy) is 2. The number of hydrogen-bond acceptors (Lipinski definition) is 2. The molecule has 0 radical (unpaired) electrons. The van der Waals surface area contributed by atoms with Crippen LogP contribution in [0.15, 0.2) is 30.3 Å². The highest BCUT2D eigenvalue weighted by molar-refractivity contribution is 9.09. The predicted octanol–water partition coefficient (Wildman–Crippen LogP) is 8.61. The van der Waals surface area contributed by atoms with Crippen LogP contribution in [0, 0.1) is 6.92 Å². The molecule has 1 unspecified atom stereocenters. The van der Waals surface area contributed by atoms with Crippen LogP contribution in [0.2, 0.25) is 0 Å². The minimum Gasteiger partial charge on any atom is -0.493 e. The van der Waals surface area contributed by atoms with Gasteiger partial charge >= 0.3 is 0 Å². The summed E-state index contributed by atoms with van der Waals surface area (Å²) in [5, 5.41) is 2.32. The van der Waals surface area contributed by atoms with Crippen LogP contribution in [0.4, 0.5) is 0 Å². The molecule has 0 fully saturated rings. The molecule has 2 aromatic rings. The fourth-order valence-electron chi connectivity index (χ4n) is 3.67. The topological polar surface area (TPSA) is 18.5 Å². The van der Waals surface area contributed by atoms with Gasteiger partial charge in [-0.05, 0) is 50.7 Å². The molecule has 0 aliphatic heterocycles. The van der Waals surface area contributed by atoms with Crippen LogP contribution in [0.3, 0.4) is 0 Å². The van der Waals surface area contributed by atoms with Gasteiger partial charge in [0.05, 0.1) is 13.2 Å². The number of rotatable bonds is 15. The first kappa shape index (κ1) is 24.1. The zero-order chi connectivity index (χ0) is 20.9. The molecule has 0 aliphatic carbocycles. The lowest BCUT2D eigenvalue weighted by Gasteiger charge is -2.16. The molecule has 0 bridgehead atoms. The molecule has 0 saturated carbocycles. The maximum absolute atomic E-state index is 6.23. The number of unbranched alkanes of at least 4 members (excludes halogenated alkanes) is 6. The Morgan fingerprint density at radius 2 is 1.48 bits per heavy atom. The Morgan fingerprint density at radius 1 is 0.828 bits per heavy atom. The van der Waals surface area contributed by atoms with E-state index in [4.69, 9.17) is 9.47 Å². The van der Waals surface area contributed by atoms with Crippen LogP contribution in [0.5, 0.6) is 11.5 Å². The van der Waals surface area contributed by atoms with Gasteiger partial charge in [-0.3, -0.25) is 0 Å². The van der Waals surface area contributed by atoms with Gasteiger partial charge < -0.3 is 9.47 Å². The normalized spacial score (nSPS) is 12.3. The molecule has 162 valence electrons. The van der Waals surface area contributed by atoms with Crippen molar-refractivity contribution in [3.8, 4) is 11.5 Å². The molecule has 2 nitrogen and oxygen atoms in total. The van der Waals surface area contributed by atoms with Crippen molar-refractivity contribution >= 4 is 26.7 Å². The summed E-state index contributed by atoms with van der Waals surface area (Å²) in [7, 11) is 0. The molecule has 0 aliphatic rings. The van der Waals surface area contributed by atoms with Crippen LogP contribution in [-0.2, 0) is 0 Å². The van der Waals surface area contributed by atoms with Gasteiger partial charge in [-0.15, -0.1) is 0 Å². The van der Waals surface area contributed by atoms with E-state index in [1.54, 1.807) is 0 Å². The third kappa shape index (κ3) is 8.20. The molecule has 0 heterocycles. The van der Waals surface area contributed by atoms with E-state index in [-0.39, 0.29) is 0 Å². The smallest absolute Gasteiger partial charge is 0.130 e. The van der Waals surface area contributed by atoms with E-state index in [0.29, 0.717) is 4.83 Å². The molecule has 0 N–H and O–H groups in total. The van der Waals surface area contributed by atoms with Gasteiger partial charge in [0.1, 0.15) is 11.5 Å². The first-order valence-electron chi connectivity index (χ1n) is 11.6. The second-order valence-electron chi connectivity index (χ2n) is 8.03. The fraction of sp³-hybridized carbons (Fsp3) is 0.615. The molecule has 0 spiro atoms. The average molecular weight is 464 g/mol. The second-order valence-corrected chi connectivity index (χ2v) is 9.33. The second kappa shape index (κ2) is 13.9. The summed E-state index contributed by atoms with van der Waals surface area (Å²) in [6.45, 7) is 8.18. The number of hydrogen-bond donors (Lipinski definition) is 0. The summed E-state index contributed by atoms with van der Waals surface area (Å²) in [5.74, 6) is 2.00. The summed E-state index contributed by atoms with van der Waals surface area (Å²) in [5.41, 5.74) is 1.16. The number of alkyl halides is 1. The SMILES string of the molecule is CCCCCCCCOc1c(C)cc(OCCCCC(Br)CC)c2ccccc12. The van der Waals surface area contributed by atoms with Crippen molar-refractivity contribution < 1.29 is 9.47 Å². The van der Waals surface area contributed by atoms with E-state index >= 15 is 0 Å². The third-order valence-corrected chi connectivity index (χ3v) is 6.60. The number of fused-ring (bicyclic) bond motifs is 1. The minimum atomic E-state index is 0.633. The molecule has 29 heavy (non-hydrogen) atoms. The largest absolute Gasteiger partial charge is 0.493 e. The first-order valence-corrected chi connectivity index (χ1v) is 12.5. The maximum atomic E-state index is 6.23. The highest BCUT2D eigenvalue weighted by atomic mass is 79.9. The Morgan fingerprint density at radius 3 is 2.24 bits per heavy atom. The highest BCUT2D eigenvalue weighted by Crippen LogP contribution is 2.36. The van der Waals surface area contributed by atoms with E-state index in [0.717, 1.165) is 48.5 Å². The monoisotopic (exact) mass is 462 g/mol. The first-order chi connectivity index (χ1) is 14.2. The predicted molar refractivity (Wildman–Crippen MR) is 130 cm³/mol. The van der Waals surface area contributed by atoms with Crippen molar-refractivity contribution in [3.05, 3.63) is 35.9 Å². The summed E-state index contributed by atoms with van der Waals surface area (Å²) in [6.07, 6.45) is 12.4. The van der Waals surface area contributed by atoms with Crippen molar-refractivity contribution in [1.29, 1.82) is 0 Å². The molecule has 3 heteroatoms. The van der Waals surface area contributed by atoms with Gasteiger partial charge in [0.25, 0.3) is 0 Å². The van der Waals surface area contributed by atoms with Crippen LogP contribution < -0.4 is 9.47 Å². The van der Waals surface area contributed by atoms with Crippen LogP contribution in [0.1, 0.15) is 83.6 Å². The number of benzene rings is 2. The quantitative estimate of drug-likeness (QED) is 0.194. The lowest BCUT2D eigenvalue weighted by atomic mass is 10.0. The van der Waals surface area contributed by atoms with Gasteiger partial charge in [-0.2, -0.15) is 0 Å². The zero-order valence-corrected chi connectivity index (χ0v) is 20.2. The number of aryl methyl sites for hydroxylation is 1. The Balaban J connectivity index is 1.93. The fourth-order valence-corrected chi connectivity index (χ4v) is 3.99. The Bertz CT molecular complexity index is 713. The van der Waals surface area contributed by atoms with Crippen LogP contribution in [-0.4, -0.2) is 18.0 Å². The molecule has 1 atom stereocenters. The highest BCUT2D eigenvalue weighted by Gasteiger charge is 2.12. The molecule has 0 aromatic heterocycles. The van der Waals surface area contributed by atoms with E-state index in [1.807, 2.05) is 0 Å². The van der Waals surface area contributed by atoms with Gasteiger partial charge in [-0.25, -0.2) is 0 Å². The van der Waals surface area contributed by atoms with Gasteiger partial charge in [0.15, 0.2) is 0 Å². The number of halogens is 1. The lowest BCUT2D eigenvalue weighted by Crippen LogP contribution is -2.03. The zero-order valence-electron chi connectivity index (χ0n) is 18.6. The Labute approximate surface area is 186 Å². The summed E-state index contributed by atoms with van der Waals surface area (Å²) in [6, 6.07) is 10.6. The maximum Gasteiger partial charge on any atom is 0.130 e. The van der Waals surface area contributed by atoms with Crippen molar-refractivity contribution in [1.82, 2.24) is 0 Å². The van der Waals surface area contributed by atoms with E-state index in [1.165, 1.54) is 56.8 Å². The summed E-state index contributed by atoms with van der Waals surface area (Å²) >= 11 is 3.71. The van der Waals surface area contributed by atoms with Crippen molar-refractivity contribution in [3.63, 3.8) is 0 Å². The average Bonchev–Trinajstić information content (AvgIpc) is 2.74. The van der Waals surface area contributed by atoms with Crippen molar-refractivity contribution in [2.45, 2.75) is 89.8 Å². The van der Waals surface area contributed by atoms with Gasteiger partial charge in [0.2, 0.25) is 0 Å². The van der Waals surface area contributed by atoms with Crippen molar-refractivity contribution in [2.24, 2.45) is 0 Å². The molecule has 2 rings (SSSR count). The standard InChI is InChI=1S/C26H39BrO2/c1-4-6-7-8-9-13-19-29-26-21(3)20-25(23-16-10-11-17-24(23)26)28-18-14-12-15-22(27)5-2/h10-11,16-17,20,22H,4-9,12-15,18-19H2,1-3H3. The van der Waals surface area contributed by atoms with E-state index in [9.17, 15) is 0 Å². The van der Waals surface area contributed by atoms with Crippen LogP contribution in [0.25, 0.3) is 10.8 Å². The molecular formula is C26H39BrO2. The minimum absolute atomic E-state index is 0.633. The van der Waals surface area contributed by atoms with Crippen LogP contribution >= 0.6 is 15.9 Å². The Kier molecular flexibility index (Phi) is 11.5. The summed E-state index contributed by atoms with van der Waals surface area (Å²) in [4.78, 5) is 0.633. The Hall–Kier alpha value is -1.22. The van der Waals surface area contributed by atoms with E-state index < -0.39 is 0 Å². The van der Waals surface area contributed by atoms with Crippen molar-refractivity contribution in [2.75, 3.05) is 13.2 Å². The third-order valence-electron chi connectivity index (χ3n) is 5.50. The molecule has 0 saturated heterocycles. The molecule has 0 amide bonds. The lowest BCUT2D eigenvalue weighted by molar-refractivity contribution is 0.300. The van der Waals surface area contributed by atoms with Gasteiger partial charge in [-0.1, -0.05) is 86.1 Å². The van der Waals surface area contributed by atoms with E-state index in [2.05, 4.69) is 67.0 Å². The summed E-state index contributed by atoms with van der Waals surface area (Å²) < 4.78 is 12.4.